The standard InChI is InChI=1S/CH4.K.H4NO4P.H/c;;1-5-6(2,3)4;/h1H4;;1H2,(H2,2,3,4);. The molecule has 0 rings (SSSR count). The van der Waals surface area contributed by atoms with E-state index >= 15 is 0 Å². The van der Waals surface area contributed by atoms with Crippen molar-refractivity contribution >= 4 is 59.2 Å². The summed E-state index contributed by atoms with van der Waals surface area (Å²) in [5, 5.41) is 0. The average Bonchev–Trinajstić information content (AvgIpc) is 1.35. The quantitative estimate of drug-likeness (QED) is 0.265. The molecule has 0 aliphatic heterocycles. The zero-order valence-electron chi connectivity index (χ0n) is 2.74. The molecule has 0 bridgehead atoms. The third-order valence-electron chi connectivity index (χ3n) is 0.137. The Morgan fingerprint density at radius 1 is 1.50 bits per heavy atom. The van der Waals surface area contributed by atoms with Gasteiger partial charge in [-0.1, -0.05) is 7.43 Å². The van der Waals surface area contributed by atoms with Crippen LogP contribution in [0, 0.1) is 0 Å². The van der Waals surface area contributed by atoms with Crippen molar-refractivity contribution in [2.75, 3.05) is 0 Å². The third-order valence-corrected chi connectivity index (χ3v) is 0.412. The summed E-state index contributed by atoms with van der Waals surface area (Å²) in [6.45, 7) is 0. The molecule has 0 fully saturated rings. The minimum atomic E-state index is -4.37. The monoisotopic (exact) mass is 169 g/mol. The average molecular weight is 169 g/mol. The third kappa shape index (κ3) is 15.6. The van der Waals surface area contributed by atoms with Crippen LogP contribution < -0.4 is 5.90 Å². The molecule has 7 heteroatoms. The molecule has 5 nitrogen and oxygen atoms in total. The first-order valence-electron chi connectivity index (χ1n) is 1.00. The zero-order chi connectivity index (χ0) is 5.21. The van der Waals surface area contributed by atoms with Crippen LogP contribution in [0.2, 0.25) is 0 Å². The fraction of sp³-hybridized carbons (Fsp3) is 1.00. The van der Waals surface area contributed by atoms with Gasteiger partial charge in [-0.15, -0.1) is 0 Å². The van der Waals surface area contributed by atoms with Crippen LogP contribution in [-0.4, -0.2) is 61.2 Å². The van der Waals surface area contributed by atoms with E-state index in [1.807, 2.05) is 0 Å². The Morgan fingerprint density at radius 2 is 1.62 bits per heavy atom. The summed E-state index contributed by atoms with van der Waals surface area (Å²) in [6.07, 6.45) is 0. The fourth-order valence-electron chi connectivity index (χ4n) is 0. The van der Waals surface area contributed by atoms with Crippen LogP contribution in [0.3, 0.4) is 0 Å². The number of hydrogen-bond donors (Lipinski definition) is 3. The summed E-state index contributed by atoms with van der Waals surface area (Å²) in [5.74, 6) is 4.04. The molecule has 0 aromatic rings. The summed E-state index contributed by atoms with van der Waals surface area (Å²) in [7, 11) is -4.37. The Labute approximate surface area is 90.2 Å². The molecule has 8 heavy (non-hydrogen) atoms. The first kappa shape index (κ1) is 16.4. The number of nitrogens with two attached hydrogens (primary N) is 1. The van der Waals surface area contributed by atoms with Crippen LogP contribution in [0.5, 0.6) is 0 Å². The van der Waals surface area contributed by atoms with E-state index in [0.717, 1.165) is 0 Å². The van der Waals surface area contributed by atoms with Gasteiger partial charge in [-0.3, -0.25) is 0 Å². The van der Waals surface area contributed by atoms with Gasteiger partial charge in [0, 0.05) is 0 Å². The van der Waals surface area contributed by atoms with Gasteiger partial charge in [-0.25, -0.2) is 15.1 Å². The van der Waals surface area contributed by atoms with Crippen molar-refractivity contribution in [3.63, 3.8) is 0 Å². The van der Waals surface area contributed by atoms with E-state index < -0.39 is 7.82 Å². The van der Waals surface area contributed by atoms with Crippen molar-refractivity contribution in [3.05, 3.63) is 0 Å². The molecule has 0 saturated heterocycles. The molecular weight excluding hydrogens is 160 g/mol. The van der Waals surface area contributed by atoms with Gasteiger partial charge >= 0.3 is 59.2 Å². The molecule has 0 heterocycles. The Hall–Kier alpha value is 1.71. The van der Waals surface area contributed by atoms with Crippen LogP contribution in [0.25, 0.3) is 0 Å². The first-order chi connectivity index (χ1) is 2.56. The number of hydrogen-bond acceptors (Lipinski definition) is 3. The zero-order valence-corrected chi connectivity index (χ0v) is 3.63. The number of phosphoric acid groups is 1. The van der Waals surface area contributed by atoms with Crippen molar-refractivity contribution in [1.29, 1.82) is 0 Å². The Balaban J connectivity index is -0.000000125. The maximum atomic E-state index is 9.35. The van der Waals surface area contributed by atoms with Crippen molar-refractivity contribution < 1.29 is 19.0 Å². The van der Waals surface area contributed by atoms with E-state index in [-0.39, 0.29) is 58.8 Å². The van der Waals surface area contributed by atoms with Gasteiger partial charge in [-0.05, 0) is 0 Å². The summed E-state index contributed by atoms with van der Waals surface area (Å²) >= 11 is 0. The van der Waals surface area contributed by atoms with Gasteiger partial charge in [-0.2, -0.15) is 0 Å². The van der Waals surface area contributed by atoms with Gasteiger partial charge in [0.15, 0.2) is 0 Å². The van der Waals surface area contributed by atoms with Gasteiger partial charge in [0.05, 0.1) is 0 Å². The summed E-state index contributed by atoms with van der Waals surface area (Å²) in [4.78, 5) is 15.2. The van der Waals surface area contributed by atoms with Crippen LogP contribution in [-0.2, 0) is 9.19 Å². The van der Waals surface area contributed by atoms with Crippen molar-refractivity contribution in [2.45, 2.75) is 7.43 Å². The Bertz CT molecular complexity index is 80.1. The first-order valence-corrected chi connectivity index (χ1v) is 2.53. The molecule has 48 valence electrons. The normalized spacial score (nSPS) is 8.88. The molecule has 0 atom stereocenters. The predicted octanol–water partition coefficient (Wildman–Crippen LogP) is -1.04. The second-order valence-electron chi connectivity index (χ2n) is 0.596. The van der Waals surface area contributed by atoms with E-state index in [1.54, 1.807) is 0 Å². The summed E-state index contributed by atoms with van der Waals surface area (Å²) in [5.41, 5.74) is 0. The summed E-state index contributed by atoms with van der Waals surface area (Å²) < 4.78 is 12.5. The topological polar surface area (TPSA) is 92.8 Å². The molecule has 0 aromatic carbocycles. The molecule has 0 aromatic heterocycles. The number of rotatable bonds is 1. The van der Waals surface area contributed by atoms with Crippen LogP contribution in [0.4, 0.5) is 0 Å². The SMILES string of the molecule is C.NOP(=O)(O)O.[KH]. The minimum absolute atomic E-state index is 0. The van der Waals surface area contributed by atoms with Crippen molar-refractivity contribution in [1.82, 2.24) is 0 Å². The molecule has 0 aliphatic rings. The molecular formula is CH9KNO4P. The van der Waals surface area contributed by atoms with E-state index in [0.29, 0.717) is 0 Å². The van der Waals surface area contributed by atoms with Gasteiger partial charge in [0.25, 0.3) is 0 Å². The second kappa shape index (κ2) is 6.82. The van der Waals surface area contributed by atoms with Crippen molar-refractivity contribution in [2.24, 2.45) is 5.90 Å². The van der Waals surface area contributed by atoms with E-state index in [4.69, 9.17) is 9.79 Å². The molecule has 0 amide bonds. The Morgan fingerprint density at radius 3 is 1.62 bits per heavy atom. The van der Waals surface area contributed by atoms with Gasteiger partial charge in [0.2, 0.25) is 0 Å². The maximum absolute atomic E-state index is 9.35. The molecule has 0 aliphatic carbocycles. The molecule has 0 spiro atoms. The summed E-state index contributed by atoms with van der Waals surface area (Å²) in [6, 6.07) is 0. The van der Waals surface area contributed by atoms with Crippen LogP contribution >= 0.6 is 7.82 Å². The van der Waals surface area contributed by atoms with Crippen LogP contribution in [0.1, 0.15) is 7.43 Å². The molecule has 4 N–H and O–H groups in total. The van der Waals surface area contributed by atoms with Crippen molar-refractivity contribution in [3.8, 4) is 0 Å². The van der Waals surface area contributed by atoms with Crippen LogP contribution in [0.15, 0.2) is 0 Å². The van der Waals surface area contributed by atoms with E-state index in [2.05, 4.69) is 10.5 Å². The van der Waals surface area contributed by atoms with Gasteiger partial charge < -0.3 is 9.79 Å². The Kier molecular flexibility index (Phi) is 13.9. The second-order valence-corrected chi connectivity index (χ2v) is 1.79. The van der Waals surface area contributed by atoms with E-state index in [1.165, 1.54) is 0 Å². The van der Waals surface area contributed by atoms with Gasteiger partial charge in [0.1, 0.15) is 0 Å². The van der Waals surface area contributed by atoms with E-state index in [9.17, 15) is 4.57 Å². The molecule has 0 saturated carbocycles. The predicted molar refractivity (Wildman–Crippen MR) is 31.2 cm³/mol. The molecule has 0 radical (unpaired) electrons. The fourth-order valence-corrected chi connectivity index (χ4v) is 0. The molecule has 0 unspecified atom stereocenters.